The lowest BCUT2D eigenvalue weighted by Crippen LogP contribution is -2.35. The average Bonchev–Trinajstić information content (AvgIpc) is 3.18. The maximum absolute atomic E-state index is 12.4. The minimum absolute atomic E-state index is 0. The first-order valence-corrected chi connectivity index (χ1v) is 7.87. The van der Waals surface area contributed by atoms with E-state index >= 15 is 0 Å². The smallest absolute Gasteiger partial charge is 0.274 e. The van der Waals surface area contributed by atoms with Crippen molar-refractivity contribution in [3.8, 4) is 0 Å². The number of piperidine rings is 1. The Hall–Kier alpha value is -1.11. The standard InChI is InChI=1S/C15H24N4O2.ClH/c1-18(11-13-5-3-9-21-13)15(20)14-6-8-19(17-14)12-4-2-7-16-10-12;/h6,8,12-13,16H,2-5,7,9-11H2,1H3;1H. The fraction of sp³-hybridized carbons (Fsp3) is 0.733. The predicted molar refractivity (Wildman–Crippen MR) is 86.6 cm³/mol. The summed E-state index contributed by atoms with van der Waals surface area (Å²) in [6.07, 6.45) is 6.52. The highest BCUT2D eigenvalue weighted by Crippen LogP contribution is 2.17. The monoisotopic (exact) mass is 328 g/mol. The molecular formula is C15H25ClN4O2. The predicted octanol–water partition coefficient (Wildman–Crippen LogP) is 1.48. The molecule has 22 heavy (non-hydrogen) atoms. The van der Waals surface area contributed by atoms with Gasteiger partial charge in [0.1, 0.15) is 5.69 Å². The number of likely N-dealkylation sites (N-methyl/N-ethyl adjacent to an activating group) is 1. The Morgan fingerprint density at radius 3 is 3.05 bits per heavy atom. The largest absolute Gasteiger partial charge is 0.376 e. The molecular weight excluding hydrogens is 304 g/mol. The summed E-state index contributed by atoms with van der Waals surface area (Å²) < 4.78 is 7.51. The van der Waals surface area contributed by atoms with Gasteiger partial charge in [-0.25, -0.2) is 0 Å². The van der Waals surface area contributed by atoms with Crippen LogP contribution in [0.25, 0.3) is 0 Å². The molecule has 124 valence electrons. The van der Waals surface area contributed by atoms with E-state index < -0.39 is 0 Å². The summed E-state index contributed by atoms with van der Waals surface area (Å²) >= 11 is 0. The van der Waals surface area contributed by atoms with Gasteiger partial charge in [0.2, 0.25) is 0 Å². The van der Waals surface area contributed by atoms with Crippen LogP contribution in [0.5, 0.6) is 0 Å². The minimum Gasteiger partial charge on any atom is -0.376 e. The third-order valence-corrected chi connectivity index (χ3v) is 4.32. The molecule has 0 spiro atoms. The van der Waals surface area contributed by atoms with Gasteiger partial charge in [0.05, 0.1) is 12.1 Å². The summed E-state index contributed by atoms with van der Waals surface area (Å²) in [4.78, 5) is 14.1. The first kappa shape index (κ1) is 17.2. The van der Waals surface area contributed by atoms with Gasteiger partial charge in [-0.15, -0.1) is 12.4 Å². The molecule has 0 bridgehead atoms. The topological polar surface area (TPSA) is 59.4 Å². The lowest BCUT2D eigenvalue weighted by atomic mass is 10.1. The van der Waals surface area contributed by atoms with Crippen LogP contribution in [0.4, 0.5) is 0 Å². The van der Waals surface area contributed by atoms with E-state index in [4.69, 9.17) is 4.74 Å². The molecule has 2 aliphatic heterocycles. The number of aromatic nitrogens is 2. The van der Waals surface area contributed by atoms with Gasteiger partial charge in [-0.2, -0.15) is 5.10 Å². The summed E-state index contributed by atoms with van der Waals surface area (Å²) in [5.41, 5.74) is 0.529. The lowest BCUT2D eigenvalue weighted by Gasteiger charge is -2.23. The molecule has 2 aliphatic rings. The van der Waals surface area contributed by atoms with E-state index in [1.807, 2.05) is 24.0 Å². The second-order valence-corrected chi connectivity index (χ2v) is 6.00. The number of ether oxygens (including phenoxy) is 1. The van der Waals surface area contributed by atoms with E-state index in [0.29, 0.717) is 18.3 Å². The molecule has 2 fully saturated rings. The van der Waals surface area contributed by atoms with Crippen LogP contribution in [-0.4, -0.2) is 60.0 Å². The summed E-state index contributed by atoms with van der Waals surface area (Å²) in [5.74, 6) is -0.0204. The molecule has 7 heteroatoms. The van der Waals surface area contributed by atoms with Gasteiger partial charge in [0, 0.05) is 32.9 Å². The van der Waals surface area contributed by atoms with Crippen LogP contribution in [0, 0.1) is 0 Å². The van der Waals surface area contributed by atoms with Crippen LogP contribution in [0.1, 0.15) is 42.2 Å². The Morgan fingerprint density at radius 2 is 2.36 bits per heavy atom. The summed E-state index contributed by atoms with van der Waals surface area (Å²) in [6.45, 7) is 3.47. The van der Waals surface area contributed by atoms with Crippen molar-refractivity contribution in [1.29, 1.82) is 0 Å². The molecule has 2 atom stereocenters. The number of nitrogens with zero attached hydrogens (tertiary/aromatic N) is 3. The molecule has 3 rings (SSSR count). The Morgan fingerprint density at radius 1 is 1.50 bits per heavy atom. The Kier molecular flexibility index (Phi) is 6.23. The molecule has 2 unspecified atom stereocenters. The molecule has 2 saturated heterocycles. The number of hydrogen-bond donors (Lipinski definition) is 1. The van der Waals surface area contributed by atoms with Crippen LogP contribution >= 0.6 is 12.4 Å². The molecule has 0 aliphatic carbocycles. The highest BCUT2D eigenvalue weighted by molar-refractivity contribution is 5.92. The second kappa shape index (κ2) is 7.94. The first-order chi connectivity index (χ1) is 10.2. The fourth-order valence-corrected chi connectivity index (χ4v) is 3.09. The Labute approximate surface area is 137 Å². The van der Waals surface area contributed by atoms with Gasteiger partial charge in [-0.05, 0) is 38.3 Å². The summed E-state index contributed by atoms with van der Waals surface area (Å²) in [6, 6.07) is 2.19. The number of rotatable bonds is 4. The van der Waals surface area contributed by atoms with Crippen LogP contribution in [0.3, 0.4) is 0 Å². The third-order valence-electron chi connectivity index (χ3n) is 4.32. The van der Waals surface area contributed by atoms with E-state index in [0.717, 1.165) is 45.4 Å². The van der Waals surface area contributed by atoms with E-state index in [9.17, 15) is 4.79 Å². The number of amides is 1. The van der Waals surface area contributed by atoms with Crippen molar-refractivity contribution in [3.05, 3.63) is 18.0 Å². The van der Waals surface area contributed by atoms with Crippen molar-refractivity contribution < 1.29 is 9.53 Å². The molecule has 0 aromatic carbocycles. The van der Waals surface area contributed by atoms with Crippen LogP contribution in [-0.2, 0) is 4.74 Å². The fourth-order valence-electron chi connectivity index (χ4n) is 3.09. The van der Waals surface area contributed by atoms with Crippen molar-refractivity contribution in [2.75, 3.05) is 33.3 Å². The van der Waals surface area contributed by atoms with Crippen molar-refractivity contribution in [2.24, 2.45) is 0 Å². The number of carbonyl (C=O) groups excluding carboxylic acids is 1. The van der Waals surface area contributed by atoms with Gasteiger partial charge in [-0.1, -0.05) is 0 Å². The lowest BCUT2D eigenvalue weighted by molar-refractivity contribution is 0.0581. The Balaban J connectivity index is 0.00000176. The highest BCUT2D eigenvalue weighted by atomic mass is 35.5. The van der Waals surface area contributed by atoms with Gasteiger partial charge < -0.3 is 15.0 Å². The summed E-state index contributed by atoms with van der Waals surface area (Å²) in [5, 5.41) is 7.84. The average molecular weight is 329 g/mol. The maximum atomic E-state index is 12.4. The summed E-state index contributed by atoms with van der Waals surface area (Å²) in [7, 11) is 1.82. The van der Waals surface area contributed by atoms with E-state index in [-0.39, 0.29) is 24.4 Å². The van der Waals surface area contributed by atoms with Gasteiger partial charge in [-0.3, -0.25) is 9.48 Å². The van der Waals surface area contributed by atoms with Crippen molar-refractivity contribution in [1.82, 2.24) is 20.0 Å². The molecule has 3 heterocycles. The quantitative estimate of drug-likeness (QED) is 0.909. The zero-order valence-electron chi connectivity index (χ0n) is 13.0. The molecule has 1 N–H and O–H groups in total. The van der Waals surface area contributed by atoms with Gasteiger partial charge in [0.25, 0.3) is 5.91 Å². The van der Waals surface area contributed by atoms with Crippen molar-refractivity contribution in [2.45, 2.75) is 37.8 Å². The van der Waals surface area contributed by atoms with Crippen LogP contribution < -0.4 is 5.32 Å². The van der Waals surface area contributed by atoms with Crippen LogP contribution in [0.2, 0.25) is 0 Å². The molecule has 1 aromatic heterocycles. The highest BCUT2D eigenvalue weighted by Gasteiger charge is 2.23. The zero-order chi connectivity index (χ0) is 14.7. The third kappa shape index (κ3) is 4.00. The number of carbonyl (C=O) groups is 1. The minimum atomic E-state index is -0.0204. The number of hydrogen-bond acceptors (Lipinski definition) is 4. The van der Waals surface area contributed by atoms with Crippen molar-refractivity contribution in [3.63, 3.8) is 0 Å². The van der Waals surface area contributed by atoms with Gasteiger partial charge >= 0.3 is 0 Å². The maximum Gasteiger partial charge on any atom is 0.274 e. The molecule has 1 aromatic rings. The normalized spacial score (nSPS) is 24.8. The van der Waals surface area contributed by atoms with Crippen molar-refractivity contribution >= 4 is 18.3 Å². The van der Waals surface area contributed by atoms with E-state index in [2.05, 4.69) is 10.4 Å². The van der Waals surface area contributed by atoms with Crippen LogP contribution in [0.15, 0.2) is 12.3 Å². The molecule has 0 radical (unpaired) electrons. The second-order valence-electron chi connectivity index (χ2n) is 6.00. The number of halogens is 1. The zero-order valence-corrected chi connectivity index (χ0v) is 13.8. The SMILES string of the molecule is CN(CC1CCCO1)C(=O)c1ccn(C2CCCNC2)n1.Cl. The molecule has 1 amide bonds. The van der Waals surface area contributed by atoms with E-state index in [1.54, 1.807) is 4.90 Å². The van der Waals surface area contributed by atoms with Gasteiger partial charge in [0.15, 0.2) is 0 Å². The first-order valence-electron chi connectivity index (χ1n) is 7.87. The van der Waals surface area contributed by atoms with E-state index in [1.165, 1.54) is 0 Å². The number of nitrogens with one attached hydrogen (secondary N) is 1. The Bertz CT molecular complexity index is 482. The molecule has 0 saturated carbocycles. The molecule has 6 nitrogen and oxygen atoms in total.